The number of amides is 1. The van der Waals surface area contributed by atoms with E-state index in [1.54, 1.807) is 18.6 Å². The lowest BCUT2D eigenvalue weighted by Crippen LogP contribution is -2.20. The van der Waals surface area contributed by atoms with E-state index in [1.165, 1.54) is 12.1 Å². The number of pyridine rings is 2. The van der Waals surface area contributed by atoms with E-state index >= 15 is 0 Å². The number of carbonyl (C=O) groups excluding carboxylic acids is 1. The number of nitrogens with one attached hydrogen (secondary N) is 4. The van der Waals surface area contributed by atoms with Gasteiger partial charge in [-0.05, 0) is 67.7 Å². The molecule has 1 amide bonds. The topological polar surface area (TPSA) is 128 Å². The Hall–Kier alpha value is -5.94. The molecule has 7 rings (SSSR count). The molecular weight excluding hydrogens is 593 g/mol. The smallest absolute Gasteiger partial charge is 0.228 e. The van der Waals surface area contributed by atoms with Gasteiger partial charge in [0, 0.05) is 47.7 Å². The minimum Gasteiger partial charge on any atom is -0.384 e. The average Bonchev–Trinajstić information content (AvgIpc) is 3.69. The van der Waals surface area contributed by atoms with E-state index < -0.39 is 0 Å². The molecule has 0 atom stereocenters. The van der Waals surface area contributed by atoms with E-state index in [-0.39, 0.29) is 18.1 Å². The monoisotopic (exact) mass is 625 g/mol. The SMILES string of the molecule is CN(C)CCNc1cc(F)cc(-c2nccc3[nH]c(-c4n[nH]c5ccc(-c6cncc(NC(=O)Cc7ccccc7)c6)cc45)nc23)c1. The largest absolute Gasteiger partial charge is 0.384 e. The first-order chi connectivity index (χ1) is 22.9. The molecule has 0 aliphatic carbocycles. The summed E-state index contributed by atoms with van der Waals surface area (Å²) >= 11 is 0. The number of likely N-dealkylation sites (N-methyl/N-ethyl adjacent to an activating group) is 1. The summed E-state index contributed by atoms with van der Waals surface area (Å²) in [6.45, 7) is 1.49. The third-order valence-corrected chi connectivity index (χ3v) is 7.81. The van der Waals surface area contributed by atoms with Gasteiger partial charge in [0.2, 0.25) is 5.91 Å². The Morgan fingerprint density at radius 1 is 0.872 bits per heavy atom. The van der Waals surface area contributed by atoms with Crippen molar-refractivity contribution in [2.75, 3.05) is 37.8 Å². The summed E-state index contributed by atoms with van der Waals surface area (Å²) in [5, 5.41) is 14.8. The Bertz CT molecular complexity index is 2210. The number of halogens is 1. The first-order valence-electron chi connectivity index (χ1n) is 15.2. The minimum absolute atomic E-state index is 0.114. The van der Waals surface area contributed by atoms with Gasteiger partial charge in [-0.1, -0.05) is 36.4 Å². The van der Waals surface area contributed by atoms with Crippen LogP contribution in [-0.2, 0) is 11.2 Å². The van der Waals surface area contributed by atoms with Crippen molar-refractivity contribution in [1.29, 1.82) is 0 Å². The molecule has 0 bridgehead atoms. The molecule has 0 aliphatic heterocycles. The van der Waals surface area contributed by atoms with Gasteiger partial charge in [0.05, 0.1) is 35.0 Å². The molecule has 234 valence electrons. The van der Waals surface area contributed by atoms with E-state index in [0.29, 0.717) is 46.2 Å². The van der Waals surface area contributed by atoms with Crippen molar-refractivity contribution in [3.8, 4) is 33.9 Å². The maximum Gasteiger partial charge on any atom is 0.228 e. The molecule has 0 unspecified atom stereocenters. The highest BCUT2D eigenvalue weighted by molar-refractivity contribution is 5.98. The molecule has 0 fully saturated rings. The molecule has 3 aromatic carbocycles. The molecule has 0 saturated heterocycles. The fraction of sp³-hybridized carbons (Fsp3) is 0.139. The number of hydrogen-bond donors (Lipinski definition) is 4. The lowest BCUT2D eigenvalue weighted by atomic mass is 10.0. The van der Waals surface area contributed by atoms with Crippen molar-refractivity contribution in [2.24, 2.45) is 0 Å². The van der Waals surface area contributed by atoms with Crippen molar-refractivity contribution < 1.29 is 9.18 Å². The second kappa shape index (κ2) is 12.8. The minimum atomic E-state index is -0.357. The van der Waals surface area contributed by atoms with Gasteiger partial charge in [0.15, 0.2) is 5.82 Å². The molecule has 7 aromatic rings. The first-order valence-corrected chi connectivity index (χ1v) is 15.2. The lowest BCUT2D eigenvalue weighted by molar-refractivity contribution is -0.115. The van der Waals surface area contributed by atoms with Gasteiger partial charge in [-0.3, -0.25) is 19.9 Å². The zero-order valence-electron chi connectivity index (χ0n) is 25.9. The van der Waals surface area contributed by atoms with Crippen molar-refractivity contribution >= 4 is 39.2 Å². The van der Waals surface area contributed by atoms with E-state index in [4.69, 9.17) is 4.98 Å². The van der Waals surface area contributed by atoms with Crippen molar-refractivity contribution in [3.63, 3.8) is 0 Å². The molecule has 11 heteroatoms. The Labute approximate surface area is 270 Å². The molecular formula is C36H32FN9O. The van der Waals surface area contributed by atoms with Crippen molar-refractivity contribution in [2.45, 2.75) is 6.42 Å². The summed E-state index contributed by atoms with van der Waals surface area (Å²) in [7, 11) is 3.98. The van der Waals surface area contributed by atoms with Gasteiger partial charge in [0.1, 0.15) is 17.0 Å². The highest BCUT2D eigenvalue weighted by Crippen LogP contribution is 2.33. The predicted octanol–water partition coefficient (Wildman–Crippen LogP) is 6.52. The average molecular weight is 626 g/mol. The number of hydrogen-bond acceptors (Lipinski definition) is 7. The zero-order valence-corrected chi connectivity index (χ0v) is 25.9. The van der Waals surface area contributed by atoms with Crippen LogP contribution in [0.15, 0.2) is 97.5 Å². The zero-order chi connectivity index (χ0) is 32.3. The molecule has 10 nitrogen and oxygen atoms in total. The normalized spacial score (nSPS) is 11.4. The Balaban J connectivity index is 1.18. The quantitative estimate of drug-likeness (QED) is 0.136. The summed E-state index contributed by atoms with van der Waals surface area (Å²) in [4.78, 5) is 32.0. The Kier molecular flexibility index (Phi) is 8.11. The number of benzene rings is 3. The number of anilines is 2. The predicted molar refractivity (Wildman–Crippen MR) is 183 cm³/mol. The van der Waals surface area contributed by atoms with Crippen LogP contribution < -0.4 is 10.6 Å². The number of H-pyrrole nitrogens is 2. The number of rotatable bonds is 10. The van der Waals surface area contributed by atoms with Crippen LogP contribution in [0, 0.1) is 5.82 Å². The van der Waals surface area contributed by atoms with E-state index in [1.807, 2.05) is 80.8 Å². The standard InChI is InChI=1S/C36H32FN9O/c1-46(2)13-12-39-27-16-24(15-26(37)19-27)33-35-31(10-11-40-33)42-36(43-35)34-29-18-23(8-9-30(29)44-45-34)25-17-28(21-38-20-25)41-32(47)14-22-6-4-3-5-7-22/h3-11,15-21,39H,12-14H2,1-2H3,(H,41,47)(H,42,43)(H,44,45). The van der Waals surface area contributed by atoms with Crippen LogP contribution in [0.25, 0.3) is 55.8 Å². The fourth-order valence-corrected chi connectivity index (χ4v) is 5.54. The van der Waals surface area contributed by atoms with Gasteiger partial charge in [-0.15, -0.1) is 0 Å². The maximum atomic E-state index is 14.7. The maximum absolute atomic E-state index is 14.7. The van der Waals surface area contributed by atoms with Crippen molar-refractivity contribution in [3.05, 3.63) is 109 Å². The van der Waals surface area contributed by atoms with Crippen LogP contribution in [0.1, 0.15) is 5.56 Å². The summed E-state index contributed by atoms with van der Waals surface area (Å²) in [5.41, 5.74) is 8.00. The van der Waals surface area contributed by atoms with Crippen molar-refractivity contribution in [1.82, 2.24) is 35.0 Å². The van der Waals surface area contributed by atoms with Gasteiger partial charge in [-0.2, -0.15) is 5.10 Å². The summed E-state index contributed by atoms with van der Waals surface area (Å²) in [6, 6.07) is 24.1. The first kappa shape index (κ1) is 29.8. The molecule has 0 saturated carbocycles. The van der Waals surface area contributed by atoms with E-state index in [0.717, 1.165) is 39.7 Å². The van der Waals surface area contributed by atoms with Gasteiger partial charge >= 0.3 is 0 Å². The lowest BCUT2D eigenvalue weighted by Gasteiger charge is -2.12. The van der Waals surface area contributed by atoms with Crippen LogP contribution in [0.4, 0.5) is 15.8 Å². The van der Waals surface area contributed by atoms with Crippen LogP contribution in [0.5, 0.6) is 0 Å². The van der Waals surface area contributed by atoms with Crippen LogP contribution in [0.2, 0.25) is 0 Å². The summed E-state index contributed by atoms with van der Waals surface area (Å²) < 4.78 is 14.7. The molecule has 0 spiro atoms. The van der Waals surface area contributed by atoms with Gasteiger partial charge < -0.3 is 20.5 Å². The second-order valence-corrected chi connectivity index (χ2v) is 11.6. The van der Waals surface area contributed by atoms with Crippen LogP contribution in [-0.4, -0.2) is 68.1 Å². The molecule has 4 aromatic heterocycles. The Morgan fingerprint density at radius 3 is 2.57 bits per heavy atom. The summed E-state index contributed by atoms with van der Waals surface area (Å²) in [5.74, 6) is 0.0829. The third kappa shape index (κ3) is 6.56. The number of aromatic amines is 2. The molecule has 0 radical (unpaired) electrons. The fourth-order valence-electron chi connectivity index (χ4n) is 5.54. The number of nitrogens with zero attached hydrogens (tertiary/aromatic N) is 5. The number of fused-ring (bicyclic) bond motifs is 2. The van der Waals surface area contributed by atoms with Gasteiger partial charge in [0.25, 0.3) is 0 Å². The molecule has 47 heavy (non-hydrogen) atoms. The summed E-state index contributed by atoms with van der Waals surface area (Å²) in [6.07, 6.45) is 5.35. The van der Waals surface area contributed by atoms with Gasteiger partial charge in [-0.25, -0.2) is 9.37 Å². The molecule has 4 heterocycles. The third-order valence-electron chi connectivity index (χ3n) is 7.81. The second-order valence-electron chi connectivity index (χ2n) is 11.6. The number of aromatic nitrogens is 6. The highest BCUT2D eigenvalue weighted by Gasteiger charge is 2.17. The molecule has 4 N–H and O–H groups in total. The van der Waals surface area contributed by atoms with E-state index in [2.05, 4.69) is 40.7 Å². The van der Waals surface area contributed by atoms with Crippen LogP contribution in [0.3, 0.4) is 0 Å². The van der Waals surface area contributed by atoms with E-state index in [9.17, 15) is 9.18 Å². The number of carbonyl (C=O) groups is 1. The van der Waals surface area contributed by atoms with Crippen LogP contribution >= 0.6 is 0 Å². The molecule has 0 aliphatic rings. The Morgan fingerprint density at radius 2 is 1.72 bits per heavy atom. The highest BCUT2D eigenvalue weighted by atomic mass is 19.1. The number of imidazole rings is 1.